The number of amides is 2. The third-order valence-electron chi connectivity index (χ3n) is 3.40. The molecule has 2 rings (SSSR count). The number of thiophene rings is 1. The Kier molecular flexibility index (Phi) is 6.76. The molecule has 3 N–H and O–H groups in total. The molecule has 1 aromatic rings. The zero-order valence-corrected chi connectivity index (χ0v) is 13.4. The molecule has 2 atom stereocenters. The van der Waals surface area contributed by atoms with Gasteiger partial charge in [-0.1, -0.05) is 11.6 Å². The molecule has 0 saturated carbocycles. The van der Waals surface area contributed by atoms with Gasteiger partial charge in [-0.05, 0) is 37.8 Å². The van der Waals surface area contributed by atoms with E-state index < -0.39 is 6.10 Å². The van der Waals surface area contributed by atoms with Gasteiger partial charge in [0.05, 0.1) is 17.0 Å². The number of halogens is 1. The second-order valence-electron chi connectivity index (χ2n) is 5.07. The topological polar surface area (TPSA) is 70.6 Å². The van der Waals surface area contributed by atoms with Crippen LogP contribution in [-0.4, -0.2) is 36.9 Å². The molecular formula is C14H21ClN2O3S. The Morgan fingerprint density at radius 1 is 1.48 bits per heavy atom. The molecule has 0 aliphatic carbocycles. The van der Waals surface area contributed by atoms with E-state index in [1.807, 2.05) is 0 Å². The molecule has 21 heavy (non-hydrogen) atoms. The van der Waals surface area contributed by atoms with Crippen LogP contribution in [0.25, 0.3) is 0 Å². The van der Waals surface area contributed by atoms with E-state index in [1.54, 1.807) is 12.1 Å². The van der Waals surface area contributed by atoms with E-state index in [-0.39, 0.29) is 18.7 Å². The van der Waals surface area contributed by atoms with Crippen molar-refractivity contribution in [2.24, 2.45) is 0 Å². The van der Waals surface area contributed by atoms with Crippen LogP contribution in [-0.2, 0) is 4.74 Å². The van der Waals surface area contributed by atoms with Gasteiger partial charge in [0.15, 0.2) is 0 Å². The van der Waals surface area contributed by atoms with Gasteiger partial charge in [0.2, 0.25) is 0 Å². The normalized spacial score (nSPS) is 20.0. The summed E-state index contributed by atoms with van der Waals surface area (Å²) in [5, 5.41) is 15.3. The Bertz CT molecular complexity index is 449. The smallest absolute Gasteiger partial charge is 0.314 e. The number of rotatable bonds is 6. The number of hydrogen-bond acceptors (Lipinski definition) is 4. The lowest BCUT2D eigenvalue weighted by Crippen LogP contribution is -2.39. The summed E-state index contributed by atoms with van der Waals surface area (Å²) in [7, 11) is 0. The lowest BCUT2D eigenvalue weighted by molar-refractivity contribution is 0.0120. The predicted molar refractivity (Wildman–Crippen MR) is 83.9 cm³/mol. The molecular weight excluding hydrogens is 312 g/mol. The van der Waals surface area contributed by atoms with E-state index in [2.05, 4.69) is 10.6 Å². The highest BCUT2D eigenvalue weighted by Gasteiger charge is 2.14. The standard InChI is InChI=1S/C14H21ClN2O3S/c15-13-5-4-12(21-13)11(18)9-17-14(19)16-7-6-10-3-1-2-8-20-10/h4-5,10-11,18H,1-3,6-9H2,(H2,16,17,19). The number of hydrogen-bond donors (Lipinski definition) is 3. The van der Waals surface area contributed by atoms with Gasteiger partial charge in [0, 0.05) is 18.0 Å². The number of urea groups is 1. The van der Waals surface area contributed by atoms with Gasteiger partial charge in [-0.25, -0.2) is 4.79 Å². The maximum Gasteiger partial charge on any atom is 0.314 e. The van der Waals surface area contributed by atoms with Crippen molar-refractivity contribution in [1.29, 1.82) is 0 Å². The maximum atomic E-state index is 11.6. The molecule has 0 bridgehead atoms. The quantitative estimate of drug-likeness (QED) is 0.750. The summed E-state index contributed by atoms with van der Waals surface area (Å²) in [5.74, 6) is 0. The second kappa shape index (κ2) is 8.58. The van der Waals surface area contributed by atoms with Crippen LogP contribution in [0.3, 0.4) is 0 Å². The van der Waals surface area contributed by atoms with Crippen LogP contribution in [0.4, 0.5) is 4.79 Å². The summed E-state index contributed by atoms with van der Waals surface area (Å²) in [4.78, 5) is 12.4. The van der Waals surface area contributed by atoms with Gasteiger partial charge in [-0.15, -0.1) is 11.3 Å². The summed E-state index contributed by atoms with van der Waals surface area (Å²) in [6.45, 7) is 1.58. The van der Waals surface area contributed by atoms with Gasteiger partial charge in [0.25, 0.3) is 0 Å². The lowest BCUT2D eigenvalue weighted by atomic mass is 10.1. The monoisotopic (exact) mass is 332 g/mol. The number of carbonyl (C=O) groups is 1. The van der Waals surface area contributed by atoms with Crippen molar-refractivity contribution in [2.75, 3.05) is 19.7 Å². The average Bonchev–Trinajstić information content (AvgIpc) is 2.92. The zero-order valence-electron chi connectivity index (χ0n) is 11.8. The predicted octanol–water partition coefficient (Wildman–Crippen LogP) is 2.69. The van der Waals surface area contributed by atoms with Crippen molar-refractivity contribution in [3.05, 3.63) is 21.3 Å². The fraction of sp³-hybridized carbons (Fsp3) is 0.643. The van der Waals surface area contributed by atoms with E-state index in [0.29, 0.717) is 10.9 Å². The molecule has 1 saturated heterocycles. The van der Waals surface area contributed by atoms with Gasteiger partial charge >= 0.3 is 6.03 Å². The first-order valence-electron chi connectivity index (χ1n) is 7.22. The summed E-state index contributed by atoms with van der Waals surface area (Å²) < 4.78 is 6.22. The van der Waals surface area contributed by atoms with Crippen LogP contribution in [0, 0.1) is 0 Å². The molecule has 1 aromatic heterocycles. The largest absolute Gasteiger partial charge is 0.386 e. The fourth-order valence-corrected chi connectivity index (χ4v) is 3.29. The minimum atomic E-state index is -0.727. The molecule has 1 aliphatic rings. The number of nitrogens with one attached hydrogen (secondary N) is 2. The minimum Gasteiger partial charge on any atom is -0.386 e. The summed E-state index contributed by atoms with van der Waals surface area (Å²) >= 11 is 7.12. The molecule has 2 unspecified atom stereocenters. The first-order valence-corrected chi connectivity index (χ1v) is 8.41. The van der Waals surface area contributed by atoms with Crippen molar-refractivity contribution in [3.8, 4) is 0 Å². The highest BCUT2D eigenvalue weighted by molar-refractivity contribution is 7.16. The fourth-order valence-electron chi connectivity index (χ4n) is 2.24. The van der Waals surface area contributed by atoms with E-state index in [9.17, 15) is 9.90 Å². The molecule has 2 amide bonds. The third kappa shape index (κ3) is 5.82. The Balaban J connectivity index is 1.58. The molecule has 0 spiro atoms. The molecule has 118 valence electrons. The maximum absolute atomic E-state index is 11.6. The van der Waals surface area contributed by atoms with Crippen LogP contribution < -0.4 is 10.6 Å². The van der Waals surface area contributed by atoms with Crippen molar-refractivity contribution in [3.63, 3.8) is 0 Å². The van der Waals surface area contributed by atoms with Crippen LogP contribution in [0.1, 0.15) is 36.7 Å². The number of aliphatic hydroxyl groups excluding tert-OH is 1. The summed E-state index contributed by atoms with van der Waals surface area (Å²) in [6, 6.07) is 3.22. The molecule has 7 heteroatoms. The molecule has 5 nitrogen and oxygen atoms in total. The average molecular weight is 333 g/mol. The Hall–Kier alpha value is -0.820. The van der Waals surface area contributed by atoms with E-state index in [4.69, 9.17) is 16.3 Å². The first kappa shape index (κ1) is 16.5. The number of carbonyl (C=O) groups excluding carboxylic acids is 1. The molecule has 2 heterocycles. The summed E-state index contributed by atoms with van der Waals surface area (Å²) in [5.41, 5.74) is 0. The number of aliphatic hydroxyl groups is 1. The van der Waals surface area contributed by atoms with Crippen LogP contribution >= 0.6 is 22.9 Å². The minimum absolute atomic E-state index is 0.169. The Labute approximate surface area is 133 Å². The highest BCUT2D eigenvalue weighted by atomic mass is 35.5. The van der Waals surface area contributed by atoms with E-state index >= 15 is 0 Å². The van der Waals surface area contributed by atoms with Crippen LogP contribution in [0.15, 0.2) is 12.1 Å². The van der Waals surface area contributed by atoms with Crippen molar-refractivity contribution < 1.29 is 14.6 Å². The highest BCUT2D eigenvalue weighted by Crippen LogP contribution is 2.26. The molecule has 1 fully saturated rings. The van der Waals surface area contributed by atoms with Crippen LogP contribution in [0.2, 0.25) is 4.34 Å². The van der Waals surface area contributed by atoms with Gasteiger partial charge in [-0.3, -0.25) is 0 Å². The van der Waals surface area contributed by atoms with Crippen LogP contribution in [0.5, 0.6) is 0 Å². The third-order valence-corrected chi connectivity index (χ3v) is 4.74. The van der Waals surface area contributed by atoms with Gasteiger partial charge < -0.3 is 20.5 Å². The molecule has 0 aromatic carbocycles. The molecule has 1 aliphatic heterocycles. The van der Waals surface area contributed by atoms with E-state index in [1.165, 1.54) is 17.8 Å². The van der Waals surface area contributed by atoms with Gasteiger partial charge in [-0.2, -0.15) is 0 Å². The first-order chi connectivity index (χ1) is 10.1. The van der Waals surface area contributed by atoms with Crippen molar-refractivity contribution in [2.45, 2.75) is 37.9 Å². The second-order valence-corrected chi connectivity index (χ2v) is 6.82. The van der Waals surface area contributed by atoms with E-state index in [0.717, 1.165) is 30.7 Å². The lowest BCUT2D eigenvalue weighted by Gasteiger charge is -2.22. The van der Waals surface area contributed by atoms with Crippen molar-refractivity contribution >= 4 is 29.0 Å². The molecule has 0 radical (unpaired) electrons. The number of ether oxygens (including phenoxy) is 1. The Morgan fingerprint density at radius 2 is 2.33 bits per heavy atom. The van der Waals surface area contributed by atoms with Gasteiger partial charge in [0.1, 0.15) is 6.10 Å². The van der Waals surface area contributed by atoms with Crippen molar-refractivity contribution in [1.82, 2.24) is 10.6 Å². The zero-order chi connectivity index (χ0) is 15.1. The SMILES string of the molecule is O=C(NCCC1CCCCO1)NCC(O)c1ccc(Cl)s1. The Morgan fingerprint density at radius 3 is 3.00 bits per heavy atom. The summed E-state index contributed by atoms with van der Waals surface area (Å²) in [6.07, 6.45) is 3.77.